The van der Waals surface area contributed by atoms with Crippen LogP contribution in [-0.2, 0) is 23.9 Å². The lowest BCUT2D eigenvalue weighted by molar-refractivity contribution is -0.140. The number of carbonyl (C=O) groups excluding carboxylic acids is 5. The van der Waals surface area contributed by atoms with Crippen molar-refractivity contribution in [3.8, 4) is 5.75 Å². The lowest BCUT2D eigenvalue weighted by Crippen LogP contribution is -2.56. The summed E-state index contributed by atoms with van der Waals surface area (Å²) in [5.41, 5.74) is 1.22. The van der Waals surface area contributed by atoms with E-state index in [-0.39, 0.29) is 74.9 Å². The third-order valence-electron chi connectivity index (χ3n) is 9.37. The number of amides is 5. The Hall–Kier alpha value is -4.95. The molecule has 1 aromatic carbocycles. The van der Waals surface area contributed by atoms with Crippen molar-refractivity contribution in [2.45, 2.75) is 83.3 Å². The minimum absolute atomic E-state index is 0.0823. The molecule has 1 saturated carbocycles. The molecule has 3 aliphatic rings. The van der Waals surface area contributed by atoms with E-state index in [1.807, 2.05) is 19.9 Å². The molecule has 50 heavy (non-hydrogen) atoms. The van der Waals surface area contributed by atoms with Gasteiger partial charge in [-0.25, -0.2) is 9.78 Å². The number of rotatable bonds is 13. The summed E-state index contributed by atoms with van der Waals surface area (Å²) < 4.78 is 11.2. The van der Waals surface area contributed by atoms with E-state index < -0.39 is 36.0 Å². The molecule has 15 heteroatoms. The zero-order valence-corrected chi connectivity index (χ0v) is 28.7. The van der Waals surface area contributed by atoms with Crippen LogP contribution in [-0.4, -0.2) is 125 Å². The van der Waals surface area contributed by atoms with E-state index in [1.54, 1.807) is 17.0 Å². The number of aryl methyl sites for hydroxylation is 1. The quantitative estimate of drug-likeness (QED) is 0.281. The number of aromatic nitrogens is 1. The van der Waals surface area contributed by atoms with Crippen molar-refractivity contribution in [2.75, 3.05) is 45.9 Å². The molecule has 0 radical (unpaired) electrons. The Kier molecular flexibility index (Phi) is 12.1. The summed E-state index contributed by atoms with van der Waals surface area (Å²) in [6.07, 6.45) is 3.97. The zero-order valence-electron chi connectivity index (χ0n) is 28.7. The van der Waals surface area contributed by atoms with Gasteiger partial charge in [-0.3, -0.25) is 24.0 Å². The molecule has 270 valence electrons. The third-order valence-corrected chi connectivity index (χ3v) is 9.37. The van der Waals surface area contributed by atoms with Crippen LogP contribution in [0.1, 0.15) is 74.3 Å². The van der Waals surface area contributed by atoms with E-state index in [0.29, 0.717) is 43.3 Å². The second-order valence-electron chi connectivity index (χ2n) is 13.1. The number of carboxylic acid groups (broad SMARTS) is 1. The molecule has 0 spiro atoms. The fourth-order valence-corrected chi connectivity index (χ4v) is 6.32. The van der Waals surface area contributed by atoms with Crippen LogP contribution in [0.2, 0.25) is 0 Å². The average molecular weight is 695 g/mol. The Morgan fingerprint density at radius 2 is 1.72 bits per heavy atom. The molecule has 2 atom stereocenters. The first-order valence-corrected chi connectivity index (χ1v) is 17.4. The number of pyridine rings is 1. The minimum atomic E-state index is -1.17. The first-order valence-electron chi connectivity index (χ1n) is 17.4. The van der Waals surface area contributed by atoms with E-state index in [1.165, 1.54) is 15.9 Å². The van der Waals surface area contributed by atoms with Gasteiger partial charge in [0.05, 0.1) is 12.1 Å². The van der Waals surface area contributed by atoms with Crippen LogP contribution in [0.5, 0.6) is 5.75 Å². The Morgan fingerprint density at radius 3 is 2.40 bits per heavy atom. The van der Waals surface area contributed by atoms with Crippen molar-refractivity contribution >= 4 is 46.6 Å². The normalized spacial score (nSPS) is 18.3. The molecule has 0 bridgehead atoms. The number of hydrogen-bond donors (Lipinski definition) is 3. The van der Waals surface area contributed by atoms with Gasteiger partial charge in [0.1, 0.15) is 23.5 Å². The lowest BCUT2D eigenvalue weighted by Gasteiger charge is -2.36. The lowest BCUT2D eigenvalue weighted by atomic mass is 9.93. The molecule has 2 unspecified atom stereocenters. The van der Waals surface area contributed by atoms with E-state index in [4.69, 9.17) is 9.47 Å². The summed E-state index contributed by atoms with van der Waals surface area (Å²) in [6, 6.07) is 5.23. The number of piperazine rings is 1. The Labute approximate surface area is 290 Å². The number of nitrogens with zero attached hydrogens (tertiary/aromatic N) is 4. The second kappa shape index (κ2) is 16.6. The van der Waals surface area contributed by atoms with Crippen LogP contribution < -0.4 is 15.4 Å². The number of hydrogen-bond acceptors (Lipinski definition) is 9. The molecule has 1 aliphatic carbocycles. The Balaban J connectivity index is 1.28. The summed E-state index contributed by atoms with van der Waals surface area (Å²) in [7, 11) is 0. The summed E-state index contributed by atoms with van der Waals surface area (Å²) in [4.78, 5) is 86.2. The predicted molar refractivity (Wildman–Crippen MR) is 180 cm³/mol. The SMILES string of the molecule is CCCOC(=O)N1CCN(C(=O)C(CCC(=O)O)NC(=O)c2cc(OCC(=O)N3CCCC3C(=O)NC3CCC3)c3ccc(C)cc3n2)CC1. The zero-order chi connectivity index (χ0) is 35.8. The first kappa shape index (κ1) is 36.3. The molecule has 1 aromatic heterocycles. The van der Waals surface area contributed by atoms with Gasteiger partial charge in [0.15, 0.2) is 6.61 Å². The van der Waals surface area contributed by atoms with Crippen LogP contribution in [0.15, 0.2) is 24.3 Å². The monoisotopic (exact) mass is 694 g/mol. The van der Waals surface area contributed by atoms with Gasteiger partial charge >= 0.3 is 12.1 Å². The molecule has 5 rings (SSSR count). The second-order valence-corrected chi connectivity index (χ2v) is 13.1. The molecular weight excluding hydrogens is 648 g/mol. The van der Waals surface area contributed by atoms with E-state index >= 15 is 0 Å². The van der Waals surface area contributed by atoms with E-state index in [2.05, 4.69) is 15.6 Å². The highest BCUT2D eigenvalue weighted by Crippen LogP contribution is 2.28. The molecule has 2 saturated heterocycles. The minimum Gasteiger partial charge on any atom is -0.483 e. The number of nitrogens with one attached hydrogen (secondary N) is 2. The summed E-state index contributed by atoms with van der Waals surface area (Å²) >= 11 is 0. The van der Waals surface area contributed by atoms with Crippen molar-refractivity contribution in [2.24, 2.45) is 0 Å². The highest BCUT2D eigenvalue weighted by molar-refractivity contribution is 5.99. The Morgan fingerprint density at radius 1 is 0.980 bits per heavy atom. The highest BCUT2D eigenvalue weighted by Gasteiger charge is 2.36. The van der Waals surface area contributed by atoms with Crippen LogP contribution in [0, 0.1) is 6.92 Å². The van der Waals surface area contributed by atoms with E-state index in [9.17, 15) is 33.9 Å². The standard InChI is InChI=1S/C35H46N6O9/c1-3-18-49-35(48)40-16-14-39(15-17-40)34(47)25(11-12-31(43)44)38-32(45)27-20-29(24-10-9-22(2)19-26(24)37-27)50-21-30(42)41-13-5-8-28(41)33(46)36-23-6-4-7-23/h9-10,19-20,23,25,28H,3-8,11-18,21H2,1-2H3,(H,36,46)(H,38,45)(H,43,44). The average Bonchev–Trinajstić information content (AvgIpc) is 3.59. The predicted octanol–water partition coefficient (Wildman–Crippen LogP) is 2.24. The van der Waals surface area contributed by atoms with Gasteiger partial charge in [-0.05, 0) is 69.6 Å². The van der Waals surface area contributed by atoms with Crippen LogP contribution in [0.4, 0.5) is 4.79 Å². The third kappa shape index (κ3) is 8.98. The van der Waals surface area contributed by atoms with Gasteiger partial charge < -0.3 is 39.9 Å². The molecule has 3 fully saturated rings. The molecule has 2 aliphatic heterocycles. The molecule has 3 heterocycles. The van der Waals surface area contributed by atoms with Gasteiger partial charge in [-0.2, -0.15) is 0 Å². The van der Waals surface area contributed by atoms with Gasteiger partial charge in [0.2, 0.25) is 11.8 Å². The summed E-state index contributed by atoms with van der Waals surface area (Å²) in [6.45, 7) is 5.00. The molecule has 5 amide bonds. The molecule has 15 nitrogen and oxygen atoms in total. The van der Waals surface area contributed by atoms with Crippen molar-refractivity contribution in [3.63, 3.8) is 0 Å². The number of likely N-dealkylation sites (tertiary alicyclic amines) is 1. The maximum atomic E-state index is 13.7. The largest absolute Gasteiger partial charge is 0.483 e. The van der Waals surface area contributed by atoms with Crippen molar-refractivity contribution in [1.29, 1.82) is 0 Å². The van der Waals surface area contributed by atoms with Crippen molar-refractivity contribution in [3.05, 3.63) is 35.5 Å². The fraction of sp³-hybridized carbons (Fsp3) is 0.571. The maximum absolute atomic E-state index is 13.7. The van der Waals surface area contributed by atoms with Crippen LogP contribution in [0.25, 0.3) is 10.9 Å². The number of carbonyl (C=O) groups is 6. The topological polar surface area (TPSA) is 188 Å². The van der Waals surface area contributed by atoms with Crippen LogP contribution in [0.3, 0.4) is 0 Å². The van der Waals surface area contributed by atoms with Gasteiger partial charge in [-0.1, -0.05) is 13.0 Å². The summed E-state index contributed by atoms with van der Waals surface area (Å²) in [5.74, 6) is -2.59. The molecular formula is C35H46N6O9. The maximum Gasteiger partial charge on any atom is 0.409 e. The first-order chi connectivity index (χ1) is 24.0. The number of carboxylic acids is 1. The highest BCUT2D eigenvalue weighted by atomic mass is 16.6. The fourth-order valence-electron chi connectivity index (χ4n) is 6.32. The van der Waals surface area contributed by atoms with E-state index in [0.717, 1.165) is 24.8 Å². The number of benzene rings is 1. The number of fused-ring (bicyclic) bond motifs is 1. The van der Waals surface area contributed by atoms with Gasteiger partial charge in [0, 0.05) is 56.6 Å². The van der Waals surface area contributed by atoms with Crippen molar-refractivity contribution < 1.29 is 43.3 Å². The Bertz CT molecular complexity index is 1600. The van der Waals surface area contributed by atoms with Gasteiger partial charge in [-0.15, -0.1) is 0 Å². The number of aliphatic carboxylic acids is 1. The number of ether oxygens (including phenoxy) is 2. The molecule has 2 aromatic rings. The van der Waals surface area contributed by atoms with Crippen molar-refractivity contribution in [1.82, 2.24) is 30.3 Å². The summed E-state index contributed by atoms with van der Waals surface area (Å²) in [5, 5.41) is 15.6. The molecule has 3 N–H and O–H groups in total. The van der Waals surface area contributed by atoms with Crippen LogP contribution >= 0.6 is 0 Å². The smallest absolute Gasteiger partial charge is 0.409 e. The van der Waals surface area contributed by atoms with Gasteiger partial charge in [0.25, 0.3) is 11.8 Å².